The van der Waals surface area contributed by atoms with E-state index in [-0.39, 0.29) is 11.9 Å². The maximum atomic E-state index is 12.4. The molecule has 0 aliphatic rings. The van der Waals surface area contributed by atoms with Crippen LogP contribution >= 0.6 is 0 Å². The fourth-order valence-corrected chi connectivity index (χ4v) is 2.78. The summed E-state index contributed by atoms with van der Waals surface area (Å²) >= 11 is 0. The number of methoxy groups -OCH3 is 1. The molecule has 1 amide bonds. The summed E-state index contributed by atoms with van der Waals surface area (Å²) in [5, 5.41) is 3.11. The van der Waals surface area contributed by atoms with Crippen molar-refractivity contribution in [1.82, 2.24) is 15.3 Å². The number of hydrogen-bond acceptors (Lipinski definition) is 3. The summed E-state index contributed by atoms with van der Waals surface area (Å²) in [6.07, 6.45) is 2.84. The molecule has 5 heteroatoms. The molecule has 0 saturated heterocycles. The Labute approximate surface area is 141 Å². The lowest BCUT2D eigenvalue weighted by atomic mass is 10.0. The minimum atomic E-state index is -0.000656. The molecule has 0 bridgehead atoms. The molecule has 5 nitrogen and oxygen atoms in total. The van der Waals surface area contributed by atoms with Gasteiger partial charge in [0.05, 0.1) is 36.9 Å². The van der Waals surface area contributed by atoms with Crippen molar-refractivity contribution in [2.24, 2.45) is 0 Å². The van der Waals surface area contributed by atoms with E-state index >= 15 is 0 Å². The van der Waals surface area contributed by atoms with Gasteiger partial charge in [0.1, 0.15) is 5.75 Å². The normalized spacial score (nSPS) is 12.1. The van der Waals surface area contributed by atoms with E-state index in [0.29, 0.717) is 6.42 Å². The molecule has 1 heterocycles. The highest BCUT2D eigenvalue weighted by Gasteiger charge is 2.13. The largest absolute Gasteiger partial charge is 0.497 e. The van der Waals surface area contributed by atoms with E-state index < -0.39 is 0 Å². The van der Waals surface area contributed by atoms with Gasteiger partial charge in [0.25, 0.3) is 0 Å². The number of hydrogen-bond donors (Lipinski definition) is 2. The second kappa shape index (κ2) is 7.17. The van der Waals surface area contributed by atoms with Crippen molar-refractivity contribution in [3.8, 4) is 5.75 Å². The fraction of sp³-hybridized carbons (Fsp3) is 0.263. The standard InChI is InChI=1S/C19H21N3O2/c1-3-16(14-5-7-15(24-2)8-6-14)22-19(23)11-13-4-9-17-18(10-13)21-12-20-17/h4-10,12,16H,3,11H2,1-2H3,(H,20,21)(H,22,23). The van der Waals surface area contributed by atoms with Gasteiger partial charge in [-0.15, -0.1) is 0 Å². The zero-order valence-corrected chi connectivity index (χ0v) is 13.9. The second-order valence-corrected chi connectivity index (χ2v) is 5.73. The van der Waals surface area contributed by atoms with Crippen LogP contribution in [-0.4, -0.2) is 23.0 Å². The fourth-order valence-electron chi connectivity index (χ4n) is 2.78. The molecule has 2 aromatic carbocycles. The molecule has 1 unspecified atom stereocenters. The van der Waals surface area contributed by atoms with E-state index in [1.54, 1.807) is 13.4 Å². The van der Waals surface area contributed by atoms with Crippen molar-refractivity contribution in [3.63, 3.8) is 0 Å². The van der Waals surface area contributed by atoms with Crippen molar-refractivity contribution in [2.75, 3.05) is 7.11 Å². The predicted octanol–water partition coefficient (Wildman–Crippen LogP) is 3.38. The van der Waals surface area contributed by atoms with Crippen molar-refractivity contribution in [2.45, 2.75) is 25.8 Å². The maximum Gasteiger partial charge on any atom is 0.224 e. The average Bonchev–Trinajstić information content (AvgIpc) is 3.07. The molecular weight excluding hydrogens is 302 g/mol. The number of amides is 1. The number of ether oxygens (including phenoxy) is 1. The van der Waals surface area contributed by atoms with Crippen molar-refractivity contribution in [3.05, 3.63) is 59.9 Å². The highest BCUT2D eigenvalue weighted by atomic mass is 16.5. The third-order valence-corrected chi connectivity index (χ3v) is 4.11. The molecule has 1 aromatic heterocycles. The Kier molecular flexibility index (Phi) is 4.79. The molecule has 0 radical (unpaired) electrons. The summed E-state index contributed by atoms with van der Waals surface area (Å²) in [7, 11) is 1.64. The van der Waals surface area contributed by atoms with E-state index in [1.807, 2.05) is 42.5 Å². The van der Waals surface area contributed by atoms with E-state index in [9.17, 15) is 4.79 Å². The van der Waals surface area contributed by atoms with Crippen molar-refractivity contribution >= 4 is 16.9 Å². The van der Waals surface area contributed by atoms with Gasteiger partial charge in [-0.05, 0) is 41.8 Å². The topological polar surface area (TPSA) is 67.0 Å². The number of carbonyl (C=O) groups is 1. The van der Waals surface area contributed by atoms with Gasteiger partial charge in [0, 0.05) is 0 Å². The summed E-state index contributed by atoms with van der Waals surface area (Å²) in [6.45, 7) is 2.06. The molecule has 3 aromatic rings. The minimum Gasteiger partial charge on any atom is -0.497 e. The zero-order chi connectivity index (χ0) is 16.9. The van der Waals surface area contributed by atoms with E-state index in [0.717, 1.165) is 34.3 Å². The van der Waals surface area contributed by atoms with Crippen molar-refractivity contribution < 1.29 is 9.53 Å². The number of carbonyl (C=O) groups excluding carboxylic acids is 1. The molecule has 0 spiro atoms. The molecule has 24 heavy (non-hydrogen) atoms. The first-order chi connectivity index (χ1) is 11.7. The Morgan fingerprint density at radius 1 is 1.25 bits per heavy atom. The minimum absolute atomic E-state index is 0.000656. The number of nitrogens with one attached hydrogen (secondary N) is 2. The molecule has 0 aliphatic heterocycles. The van der Waals surface area contributed by atoms with Gasteiger partial charge in [0.15, 0.2) is 0 Å². The Balaban J connectivity index is 1.67. The van der Waals surface area contributed by atoms with Crippen LogP contribution in [0, 0.1) is 0 Å². The lowest BCUT2D eigenvalue weighted by Gasteiger charge is -2.18. The van der Waals surface area contributed by atoms with Crippen LogP contribution in [0.15, 0.2) is 48.8 Å². The lowest BCUT2D eigenvalue weighted by molar-refractivity contribution is -0.121. The van der Waals surface area contributed by atoms with Gasteiger partial charge in [-0.1, -0.05) is 25.1 Å². The van der Waals surface area contributed by atoms with Gasteiger partial charge in [-0.3, -0.25) is 4.79 Å². The van der Waals surface area contributed by atoms with E-state index in [1.165, 1.54) is 0 Å². The number of nitrogens with zero attached hydrogens (tertiary/aromatic N) is 1. The van der Waals surface area contributed by atoms with Crippen LogP contribution in [0.3, 0.4) is 0 Å². The predicted molar refractivity (Wildman–Crippen MR) is 94.0 cm³/mol. The molecule has 1 atom stereocenters. The van der Waals surface area contributed by atoms with Gasteiger partial charge < -0.3 is 15.0 Å². The Bertz CT molecular complexity index is 824. The Morgan fingerprint density at radius 3 is 2.75 bits per heavy atom. The monoisotopic (exact) mass is 323 g/mol. The van der Waals surface area contributed by atoms with Gasteiger partial charge >= 0.3 is 0 Å². The van der Waals surface area contributed by atoms with Crippen LogP contribution in [0.2, 0.25) is 0 Å². The molecule has 0 aliphatic carbocycles. The highest BCUT2D eigenvalue weighted by Crippen LogP contribution is 2.20. The van der Waals surface area contributed by atoms with Gasteiger partial charge in [-0.25, -0.2) is 4.98 Å². The summed E-state index contributed by atoms with van der Waals surface area (Å²) in [5.41, 5.74) is 3.90. The quantitative estimate of drug-likeness (QED) is 0.731. The van der Waals surface area contributed by atoms with Crippen LogP contribution in [0.4, 0.5) is 0 Å². The highest BCUT2D eigenvalue weighted by molar-refractivity contribution is 5.81. The third-order valence-electron chi connectivity index (χ3n) is 4.11. The number of benzene rings is 2. The van der Waals surface area contributed by atoms with Crippen LogP contribution < -0.4 is 10.1 Å². The summed E-state index contributed by atoms with van der Waals surface area (Å²) in [6, 6.07) is 13.6. The first-order valence-electron chi connectivity index (χ1n) is 8.05. The smallest absolute Gasteiger partial charge is 0.224 e. The molecule has 124 valence electrons. The summed E-state index contributed by atoms with van der Waals surface area (Å²) in [4.78, 5) is 19.6. The van der Waals surface area contributed by atoms with Crippen LogP contribution in [0.25, 0.3) is 11.0 Å². The van der Waals surface area contributed by atoms with E-state index in [4.69, 9.17) is 4.74 Å². The van der Waals surface area contributed by atoms with Crippen LogP contribution in [0.5, 0.6) is 5.75 Å². The lowest BCUT2D eigenvalue weighted by Crippen LogP contribution is -2.29. The first kappa shape index (κ1) is 16.1. The number of imidazole rings is 1. The number of aromatic amines is 1. The molecule has 0 fully saturated rings. The van der Waals surface area contributed by atoms with Crippen molar-refractivity contribution in [1.29, 1.82) is 0 Å². The first-order valence-corrected chi connectivity index (χ1v) is 8.05. The number of fused-ring (bicyclic) bond motifs is 1. The Hall–Kier alpha value is -2.82. The SMILES string of the molecule is CCC(NC(=O)Cc1ccc2nc[nH]c2c1)c1ccc(OC)cc1. The summed E-state index contributed by atoms with van der Waals surface area (Å²) < 4.78 is 5.18. The average molecular weight is 323 g/mol. The zero-order valence-electron chi connectivity index (χ0n) is 13.9. The van der Waals surface area contributed by atoms with Gasteiger partial charge in [-0.2, -0.15) is 0 Å². The molecule has 2 N–H and O–H groups in total. The van der Waals surface area contributed by atoms with E-state index in [2.05, 4.69) is 22.2 Å². The molecule has 0 saturated carbocycles. The molecule has 3 rings (SSSR count). The third kappa shape index (κ3) is 3.56. The van der Waals surface area contributed by atoms with Crippen LogP contribution in [0.1, 0.15) is 30.5 Å². The molecular formula is C19H21N3O2. The van der Waals surface area contributed by atoms with Gasteiger partial charge in [0.2, 0.25) is 5.91 Å². The number of rotatable bonds is 6. The number of aromatic nitrogens is 2. The maximum absolute atomic E-state index is 12.4. The summed E-state index contributed by atoms with van der Waals surface area (Å²) in [5.74, 6) is 0.823. The Morgan fingerprint density at radius 2 is 2.04 bits per heavy atom. The number of H-pyrrole nitrogens is 1. The second-order valence-electron chi connectivity index (χ2n) is 5.73. The van der Waals surface area contributed by atoms with Crippen LogP contribution in [-0.2, 0) is 11.2 Å².